The van der Waals surface area contributed by atoms with Gasteiger partial charge in [-0.1, -0.05) is 81.8 Å². The average Bonchev–Trinajstić information content (AvgIpc) is 2.79. The highest BCUT2D eigenvalue weighted by atomic mass is 16.5. The number of amidine groups is 2. The molecule has 0 bridgehead atoms. The molecule has 0 heterocycles. The topological polar surface area (TPSA) is 46.3 Å². The smallest absolute Gasteiger partial charge is 0.323 e. The third-order valence-corrected chi connectivity index (χ3v) is 5.33. The van der Waals surface area contributed by atoms with Gasteiger partial charge in [0.2, 0.25) is 0 Å². The predicted molar refractivity (Wildman–Crippen MR) is 141 cm³/mol. The molecule has 0 aliphatic heterocycles. The quantitative estimate of drug-likeness (QED) is 0.287. The van der Waals surface area contributed by atoms with Gasteiger partial charge in [-0.25, -0.2) is 9.98 Å². The molecule has 0 aromatic heterocycles. The van der Waals surface area contributed by atoms with Crippen LogP contribution in [0.3, 0.4) is 0 Å². The van der Waals surface area contributed by atoms with Crippen LogP contribution in [0.2, 0.25) is 0 Å². The van der Waals surface area contributed by atoms with Gasteiger partial charge < -0.3 is 4.74 Å². The second kappa shape index (κ2) is 11.4. The largest absolute Gasteiger partial charge is 0.424 e. The van der Waals surface area contributed by atoms with Crippen molar-refractivity contribution in [3.8, 4) is 5.75 Å². The Morgan fingerprint density at radius 1 is 0.848 bits per heavy atom. The molecule has 170 valence electrons. The normalized spacial score (nSPS) is 12.3. The number of ether oxygens (including phenoxy) is 1. The fourth-order valence-corrected chi connectivity index (χ4v) is 3.45. The van der Waals surface area contributed by atoms with Gasteiger partial charge in [0.15, 0.2) is 0 Å². The van der Waals surface area contributed by atoms with Crippen molar-refractivity contribution in [2.75, 3.05) is 0 Å². The van der Waals surface area contributed by atoms with Gasteiger partial charge in [0.05, 0.1) is 5.69 Å². The molecule has 3 aromatic carbocycles. The summed E-state index contributed by atoms with van der Waals surface area (Å²) < 4.78 is 5.99. The van der Waals surface area contributed by atoms with Gasteiger partial charge in [-0.15, -0.1) is 0 Å². The van der Waals surface area contributed by atoms with Crippen LogP contribution >= 0.6 is 0 Å². The third-order valence-electron chi connectivity index (χ3n) is 5.33. The molecule has 0 saturated carbocycles. The predicted octanol–water partition coefficient (Wildman–Crippen LogP) is 7.65. The van der Waals surface area contributed by atoms with Crippen LogP contribution in [-0.4, -0.2) is 18.6 Å². The number of aryl methyl sites for hydroxylation is 1. The van der Waals surface area contributed by atoms with E-state index in [2.05, 4.69) is 87.7 Å². The maximum Gasteiger partial charge on any atom is 0.323 e. The van der Waals surface area contributed by atoms with Crippen molar-refractivity contribution in [2.45, 2.75) is 52.9 Å². The highest BCUT2D eigenvalue weighted by molar-refractivity contribution is 5.98. The van der Waals surface area contributed by atoms with Crippen molar-refractivity contribution < 1.29 is 4.74 Å². The molecular weight excluding hydrogens is 406 g/mol. The first-order valence-electron chi connectivity index (χ1n) is 11.4. The van der Waals surface area contributed by atoms with E-state index >= 15 is 0 Å². The minimum absolute atomic E-state index is 0.183. The summed E-state index contributed by atoms with van der Waals surface area (Å²) in [6.07, 6.45) is 0.558. The molecule has 0 atom stereocenters. The minimum atomic E-state index is 0.183. The lowest BCUT2D eigenvalue weighted by molar-refractivity contribution is 0.543. The Balaban J connectivity index is 1.98. The number of aliphatic imine (C=N–C) groups is 3. The minimum Gasteiger partial charge on any atom is -0.424 e. The zero-order valence-electron chi connectivity index (χ0n) is 20.2. The van der Waals surface area contributed by atoms with E-state index in [1.807, 2.05) is 36.4 Å². The van der Waals surface area contributed by atoms with Crippen LogP contribution in [0.1, 0.15) is 61.8 Å². The molecule has 33 heavy (non-hydrogen) atoms. The molecule has 0 aliphatic rings. The number of benzene rings is 3. The van der Waals surface area contributed by atoms with E-state index < -0.39 is 0 Å². The number of hydrogen-bond donors (Lipinski definition) is 0. The van der Waals surface area contributed by atoms with Crippen molar-refractivity contribution >= 4 is 24.3 Å². The zero-order valence-corrected chi connectivity index (χ0v) is 20.2. The Morgan fingerprint density at radius 3 is 2.18 bits per heavy atom. The van der Waals surface area contributed by atoms with Crippen LogP contribution < -0.4 is 4.74 Å². The van der Waals surface area contributed by atoms with Crippen LogP contribution in [-0.2, 0) is 6.42 Å². The van der Waals surface area contributed by atoms with E-state index in [1.54, 1.807) is 0 Å². The zero-order chi connectivity index (χ0) is 23.8. The molecule has 3 rings (SSSR count). The van der Waals surface area contributed by atoms with Crippen molar-refractivity contribution in [1.82, 2.24) is 0 Å². The lowest BCUT2D eigenvalue weighted by Gasteiger charge is -2.10. The van der Waals surface area contributed by atoms with Gasteiger partial charge in [0.1, 0.15) is 11.6 Å². The van der Waals surface area contributed by atoms with Gasteiger partial charge >= 0.3 is 6.02 Å². The number of hydrogen-bond acceptors (Lipinski definition) is 2. The van der Waals surface area contributed by atoms with Crippen LogP contribution in [0.5, 0.6) is 5.75 Å². The first kappa shape index (κ1) is 24.1. The highest BCUT2D eigenvalue weighted by Crippen LogP contribution is 2.23. The van der Waals surface area contributed by atoms with E-state index in [1.165, 1.54) is 16.7 Å². The molecule has 4 heteroatoms. The molecule has 0 aliphatic carbocycles. The van der Waals surface area contributed by atoms with Crippen molar-refractivity contribution in [2.24, 2.45) is 15.0 Å². The summed E-state index contributed by atoms with van der Waals surface area (Å²) in [5.41, 5.74) is 5.61. The molecule has 0 spiro atoms. The third kappa shape index (κ3) is 7.25. The summed E-state index contributed by atoms with van der Waals surface area (Å²) >= 11 is 0. The van der Waals surface area contributed by atoms with Gasteiger partial charge in [-0.2, -0.15) is 4.99 Å². The Hall–Kier alpha value is -3.53. The first-order chi connectivity index (χ1) is 15.8. The van der Waals surface area contributed by atoms with E-state index in [0.29, 0.717) is 29.8 Å². The molecular formula is C29H33N3O. The highest BCUT2D eigenvalue weighted by Gasteiger charge is 2.09. The van der Waals surface area contributed by atoms with E-state index in [9.17, 15) is 0 Å². The molecule has 0 N–H and O–H groups in total. The second-order valence-electron chi connectivity index (χ2n) is 8.83. The van der Waals surface area contributed by atoms with Crippen LogP contribution in [0.4, 0.5) is 5.69 Å². The van der Waals surface area contributed by atoms with E-state index in [-0.39, 0.29) is 6.02 Å². The first-order valence-corrected chi connectivity index (χ1v) is 11.4. The average molecular weight is 440 g/mol. The van der Waals surface area contributed by atoms with Gasteiger partial charge in [0.25, 0.3) is 0 Å². The van der Waals surface area contributed by atoms with Gasteiger partial charge in [0, 0.05) is 6.42 Å². The molecule has 0 saturated heterocycles. The molecule has 0 radical (unpaired) electrons. The Bertz CT molecular complexity index is 1160. The van der Waals surface area contributed by atoms with Crippen molar-refractivity contribution in [1.29, 1.82) is 0 Å². The summed E-state index contributed by atoms with van der Waals surface area (Å²) in [5, 5.41) is 0. The molecule has 0 unspecified atom stereocenters. The summed E-state index contributed by atoms with van der Waals surface area (Å²) in [5.74, 6) is 2.12. The Morgan fingerprint density at radius 2 is 1.52 bits per heavy atom. The lowest BCUT2D eigenvalue weighted by atomic mass is 10.0. The Labute approximate surface area is 197 Å². The Kier molecular flexibility index (Phi) is 8.31. The fraction of sp³-hybridized carbons (Fsp3) is 0.276. The van der Waals surface area contributed by atoms with E-state index in [0.717, 1.165) is 11.3 Å². The van der Waals surface area contributed by atoms with Crippen molar-refractivity contribution in [3.63, 3.8) is 0 Å². The SMILES string of the molecule is C=NC(=NC(Cc1cccc(C)c1)=Nc1cccc(C(C)C)c1)Oc1cccc(C(C)C)c1. The van der Waals surface area contributed by atoms with E-state index in [4.69, 9.17) is 9.73 Å². The van der Waals surface area contributed by atoms with Gasteiger partial charge in [-0.05, 0) is 66.4 Å². The van der Waals surface area contributed by atoms with Crippen molar-refractivity contribution in [3.05, 3.63) is 95.1 Å². The summed E-state index contributed by atoms with van der Waals surface area (Å²) in [4.78, 5) is 13.6. The van der Waals surface area contributed by atoms with Gasteiger partial charge in [-0.3, -0.25) is 0 Å². The van der Waals surface area contributed by atoms with Crippen LogP contribution in [0, 0.1) is 6.92 Å². The standard InChI is InChI=1S/C29H33N3O/c1-20(2)24-12-8-14-26(18-24)31-28(17-23-11-7-10-22(5)16-23)32-29(30-6)33-27-15-9-13-25(19-27)21(3)4/h7-16,18-21H,6,17H2,1-5H3. The lowest BCUT2D eigenvalue weighted by Crippen LogP contribution is -2.11. The summed E-state index contributed by atoms with van der Waals surface area (Å²) in [6.45, 7) is 14.4. The molecule has 0 fully saturated rings. The fourth-order valence-electron chi connectivity index (χ4n) is 3.45. The molecule has 4 nitrogen and oxygen atoms in total. The van der Waals surface area contributed by atoms with Crippen LogP contribution in [0.15, 0.2) is 87.8 Å². The second-order valence-corrected chi connectivity index (χ2v) is 8.83. The number of rotatable bonds is 6. The monoisotopic (exact) mass is 439 g/mol. The molecule has 0 amide bonds. The molecule has 3 aromatic rings. The maximum atomic E-state index is 5.99. The summed E-state index contributed by atoms with van der Waals surface area (Å²) in [6, 6.07) is 24.7. The maximum absolute atomic E-state index is 5.99. The van der Waals surface area contributed by atoms with Crippen LogP contribution in [0.25, 0.3) is 0 Å². The number of nitrogens with zero attached hydrogens (tertiary/aromatic N) is 3. The summed E-state index contributed by atoms with van der Waals surface area (Å²) in [7, 11) is 0.